The number of hydrogen-bond donors (Lipinski definition) is 1. The van der Waals surface area contributed by atoms with E-state index in [2.05, 4.69) is 10.1 Å². The lowest BCUT2D eigenvalue weighted by molar-refractivity contribution is -0.214. The molecule has 0 fully saturated rings. The number of ether oxygens (including phenoxy) is 1. The third-order valence-electron chi connectivity index (χ3n) is 2.64. The van der Waals surface area contributed by atoms with Gasteiger partial charge in [-0.1, -0.05) is 6.92 Å². The summed E-state index contributed by atoms with van der Waals surface area (Å²) in [6.45, 7) is 2.81. The first kappa shape index (κ1) is 14.5. The van der Waals surface area contributed by atoms with Gasteiger partial charge in [-0.25, -0.2) is 4.79 Å². The van der Waals surface area contributed by atoms with Crippen molar-refractivity contribution in [2.75, 3.05) is 6.61 Å². The molecule has 0 aliphatic carbocycles. The third-order valence-corrected chi connectivity index (χ3v) is 2.64. The molecule has 0 aromatic rings. The zero-order valence-electron chi connectivity index (χ0n) is 10.1. The molecule has 1 heterocycles. The molecule has 4 nitrogen and oxygen atoms in total. The summed E-state index contributed by atoms with van der Waals surface area (Å²) in [4.78, 5) is 23.0. The zero-order chi connectivity index (χ0) is 14.0. The highest BCUT2D eigenvalue weighted by atomic mass is 19.4. The Morgan fingerprint density at radius 3 is 2.56 bits per heavy atom. The first-order valence-corrected chi connectivity index (χ1v) is 5.52. The minimum Gasteiger partial charge on any atom is -0.464 e. The minimum absolute atomic E-state index is 0.0802. The van der Waals surface area contributed by atoms with E-state index in [0.29, 0.717) is 0 Å². The first-order valence-electron chi connectivity index (χ1n) is 5.52. The standard InChI is InChI=1S/C11H14F3NO3/c1-3-7-5-8(16)6-10(15-7,11(12,13)14)9(17)18-4-2/h5,15H,3-4,6H2,1-2H3. The van der Waals surface area contributed by atoms with E-state index in [1.165, 1.54) is 6.92 Å². The Hall–Kier alpha value is -1.53. The van der Waals surface area contributed by atoms with Crippen molar-refractivity contribution in [2.24, 2.45) is 0 Å². The van der Waals surface area contributed by atoms with Gasteiger partial charge in [-0.2, -0.15) is 13.2 Å². The van der Waals surface area contributed by atoms with Crippen LogP contribution in [0, 0.1) is 0 Å². The van der Waals surface area contributed by atoms with Crippen LogP contribution in [0.1, 0.15) is 26.7 Å². The average molecular weight is 265 g/mol. The van der Waals surface area contributed by atoms with Gasteiger partial charge >= 0.3 is 12.1 Å². The molecule has 1 N–H and O–H groups in total. The molecule has 0 spiro atoms. The van der Waals surface area contributed by atoms with Crippen LogP contribution in [-0.4, -0.2) is 30.1 Å². The predicted octanol–water partition coefficient (Wildman–Crippen LogP) is 1.71. The van der Waals surface area contributed by atoms with E-state index in [-0.39, 0.29) is 18.7 Å². The van der Waals surface area contributed by atoms with Crippen LogP contribution in [0.3, 0.4) is 0 Å². The molecular formula is C11H14F3NO3. The maximum absolute atomic E-state index is 13.1. The van der Waals surface area contributed by atoms with Crippen molar-refractivity contribution in [3.63, 3.8) is 0 Å². The summed E-state index contributed by atoms with van der Waals surface area (Å²) in [5.74, 6) is -2.21. The van der Waals surface area contributed by atoms with Crippen LogP contribution in [0.25, 0.3) is 0 Å². The smallest absolute Gasteiger partial charge is 0.422 e. The van der Waals surface area contributed by atoms with Crippen LogP contribution in [0.5, 0.6) is 0 Å². The molecule has 0 amide bonds. The van der Waals surface area contributed by atoms with E-state index in [9.17, 15) is 22.8 Å². The number of nitrogens with one attached hydrogen (secondary N) is 1. The normalized spacial score (nSPS) is 24.3. The molecule has 0 saturated heterocycles. The van der Waals surface area contributed by atoms with Crippen LogP contribution in [0.2, 0.25) is 0 Å². The monoisotopic (exact) mass is 265 g/mol. The summed E-state index contributed by atoms with van der Waals surface area (Å²) in [7, 11) is 0. The van der Waals surface area contributed by atoms with Gasteiger partial charge in [0.1, 0.15) is 0 Å². The summed E-state index contributed by atoms with van der Waals surface area (Å²) in [6, 6.07) is 0. The molecule has 0 aromatic carbocycles. The van der Waals surface area contributed by atoms with Crippen molar-refractivity contribution in [1.82, 2.24) is 5.32 Å². The highest BCUT2D eigenvalue weighted by Gasteiger charge is 2.63. The van der Waals surface area contributed by atoms with Crippen molar-refractivity contribution in [1.29, 1.82) is 0 Å². The Morgan fingerprint density at radius 1 is 1.50 bits per heavy atom. The maximum atomic E-state index is 13.1. The fourth-order valence-corrected chi connectivity index (χ4v) is 1.72. The summed E-state index contributed by atoms with van der Waals surface area (Å²) in [6.07, 6.45) is -4.59. The molecule has 1 rings (SSSR count). The van der Waals surface area contributed by atoms with E-state index in [0.717, 1.165) is 6.08 Å². The molecule has 0 bridgehead atoms. The molecule has 0 radical (unpaired) electrons. The molecule has 0 aromatic heterocycles. The molecule has 1 aliphatic rings. The van der Waals surface area contributed by atoms with Gasteiger partial charge in [-0.15, -0.1) is 0 Å². The Bertz CT molecular complexity index is 389. The highest BCUT2D eigenvalue weighted by molar-refractivity contribution is 5.98. The van der Waals surface area contributed by atoms with Gasteiger partial charge in [0.2, 0.25) is 5.54 Å². The maximum Gasteiger partial charge on any atom is 0.422 e. The van der Waals surface area contributed by atoms with Crippen LogP contribution in [0.4, 0.5) is 13.2 Å². The van der Waals surface area contributed by atoms with E-state index >= 15 is 0 Å². The summed E-state index contributed by atoms with van der Waals surface area (Å²) >= 11 is 0. The molecule has 0 saturated carbocycles. The second kappa shape index (κ2) is 4.99. The fourth-order valence-electron chi connectivity index (χ4n) is 1.72. The molecule has 102 valence electrons. The van der Waals surface area contributed by atoms with Crippen LogP contribution in [-0.2, 0) is 14.3 Å². The van der Waals surface area contributed by atoms with Gasteiger partial charge in [-0.3, -0.25) is 4.79 Å². The third kappa shape index (κ3) is 2.49. The minimum atomic E-state index is -4.90. The van der Waals surface area contributed by atoms with Crippen LogP contribution in [0.15, 0.2) is 11.8 Å². The van der Waals surface area contributed by atoms with Gasteiger partial charge in [0.25, 0.3) is 0 Å². The Morgan fingerprint density at radius 2 is 2.11 bits per heavy atom. The van der Waals surface area contributed by atoms with Gasteiger partial charge in [0.05, 0.1) is 13.0 Å². The van der Waals surface area contributed by atoms with Gasteiger partial charge in [0.15, 0.2) is 5.78 Å². The Balaban J connectivity index is 3.19. The lowest BCUT2D eigenvalue weighted by atomic mass is 9.87. The quantitative estimate of drug-likeness (QED) is 0.789. The number of carbonyl (C=O) groups excluding carboxylic acids is 2. The second-order valence-electron chi connectivity index (χ2n) is 3.91. The number of rotatable bonds is 3. The zero-order valence-corrected chi connectivity index (χ0v) is 10.1. The number of halogens is 3. The summed E-state index contributed by atoms with van der Waals surface area (Å²) in [5, 5.41) is 2.11. The number of allylic oxidation sites excluding steroid dienone is 2. The van der Waals surface area contributed by atoms with E-state index in [1.807, 2.05) is 0 Å². The van der Waals surface area contributed by atoms with Crippen molar-refractivity contribution in [3.8, 4) is 0 Å². The lowest BCUT2D eigenvalue weighted by Gasteiger charge is -2.37. The Labute approximate surface area is 102 Å². The SMILES string of the molecule is CCOC(=O)C1(C(F)(F)F)CC(=O)C=C(CC)N1. The lowest BCUT2D eigenvalue weighted by Crippen LogP contribution is -2.64. The molecule has 18 heavy (non-hydrogen) atoms. The highest BCUT2D eigenvalue weighted by Crippen LogP contribution is 2.37. The van der Waals surface area contributed by atoms with Crippen molar-refractivity contribution < 1.29 is 27.5 Å². The van der Waals surface area contributed by atoms with Crippen LogP contribution < -0.4 is 5.32 Å². The number of carbonyl (C=O) groups is 2. The molecule has 1 unspecified atom stereocenters. The number of ketones is 1. The molecule has 1 atom stereocenters. The average Bonchev–Trinajstić information content (AvgIpc) is 2.26. The fraction of sp³-hybridized carbons (Fsp3) is 0.636. The predicted molar refractivity (Wildman–Crippen MR) is 56.6 cm³/mol. The first-order chi connectivity index (χ1) is 8.26. The van der Waals surface area contributed by atoms with Crippen molar-refractivity contribution in [3.05, 3.63) is 11.8 Å². The van der Waals surface area contributed by atoms with Crippen LogP contribution >= 0.6 is 0 Å². The number of alkyl halides is 3. The Kier molecular flexibility index (Phi) is 4.03. The van der Waals surface area contributed by atoms with Crippen molar-refractivity contribution >= 4 is 11.8 Å². The van der Waals surface area contributed by atoms with E-state index in [1.54, 1.807) is 6.92 Å². The molecule has 7 heteroatoms. The summed E-state index contributed by atoms with van der Waals surface area (Å²) in [5.41, 5.74) is -2.88. The summed E-state index contributed by atoms with van der Waals surface area (Å²) < 4.78 is 43.8. The second-order valence-corrected chi connectivity index (χ2v) is 3.91. The number of esters is 1. The van der Waals surface area contributed by atoms with E-state index in [4.69, 9.17) is 0 Å². The number of hydrogen-bond acceptors (Lipinski definition) is 4. The van der Waals surface area contributed by atoms with Gasteiger partial charge in [-0.05, 0) is 13.3 Å². The van der Waals surface area contributed by atoms with Gasteiger partial charge < -0.3 is 10.1 Å². The largest absolute Gasteiger partial charge is 0.464 e. The topological polar surface area (TPSA) is 55.4 Å². The molecule has 1 aliphatic heterocycles. The van der Waals surface area contributed by atoms with Crippen molar-refractivity contribution in [2.45, 2.75) is 38.4 Å². The molecular weight excluding hydrogens is 251 g/mol. The van der Waals surface area contributed by atoms with Gasteiger partial charge in [0, 0.05) is 11.8 Å². The van der Waals surface area contributed by atoms with E-state index < -0.39 is 29.9 Å².